The smallest absolute Gasteiger partial charge is 0.198 e. The van der Waals surface area contributed by atoms with Gasteiger partial charge in [-0.25, -0.2) is 14.5 Å². The minimum atomic E-state index is 0.105. The highest BCUT2D eigenvalue weighted by Crippen LogP contribution is 2.13. The number of nitrogens with zero attached hydrogens (tertiary/aromatic N) is 4. The van der Waals surface area contributed by atoms with Gasteiger partial charge in [0.25, 0.3) is 0 Å². The summed E-state index contributed by atoms with van der Waals surface area (Å²) in [5, 5.41) is 14.3. The lowest BCUT2D eigenvalue weighted by molar-refractivity contribution is 0.952. The average molecular weight is 232 g/mol. The molecule has 17 heavy (non-hydrogen) atoms. The summed E-state index contributed by atoms with van der Waals surface area (Å²) in [5.41, 5.74) is 12.1. The van der Waals surface area contributed by atoms with Crippen LogP contribution in [0.4, 0.5) is 11.6 Å². The Labute approximate surface area is 96.9 Å². The third-order valence-electron chi connectivity index (χ3n) is 1.91. The van der Waals surface area contributed by atoms with E-state index < -0.39 is 0 Å². The maximum absolute atomic E-state index is 7.65. The van der Waals surface area contributed by atoms with Crippen molar-refractivity contribution in [3.8, 4) is 0 Å². The van der Waals surface area contributed by atoms with E-state index in [0.717, 1.165) is 0 Å². The van der Waals surface area contributed by atoms with Gasteiger partial charge in [0.1, 0.15) is 18.0 Å². The third-order valence-corrected chi connectivity index (χ3v) is 1.91. The standard InChI is InChI=1S/C9H12N8/c1-5(10)2-6(11)15-8-9-13-4-14-17(9)3-7(12)16-8/h2-4H,10,12H2,1H3,(H2,11,15,16)/b5-2-. The van der Waals surface area contributed by atoms with Crippen molar-refractivity contribution in [1.29, 1.82) is 5.41 Å². The van der Waals surface area contributed by atoms with Crippen molar-refractivity contribution in [2.45, 2.75) is 6.92 Å². The minimum Gasteiger partial charge on any atom is -0.402 e. The monoisotopic (exact) mass is 232 g/mol. The molecule has 0 radical (unpaired) electrons. The Kier molecular flexibility index (Phi) is 2.61. The van der Waals surface area contributed by atoms with E-state index in [0.29, 0.717) is 17.2 Å². The molecule has 0 aromatic carbocycles. The van der Waals surface area contributed by atoms with Crippen LogP contribution in [0.2, 0.25) is 0 Å². The number of anilines is 2. The van der Waals surface area contributed by atoms with Crippen LogP contribution in [0.15, 0.2) is 24.3 Å². The molecule has 0 saturated heterocycles. The van der Waals surface area contributed by atoms with Gasteiger partial charge in [0, 0.05) is 5.70 Å². The van der Waals surface area contributed by atoms with Crippen LogP contribution in [-0.2, 0) is 0 Å². The van der Waals surface area contributed by atoms with Gasteiger partial charge in [-0.2, -0.15) is 5.10 Å². The van der Waals surface area contributed by atoms with E-state index in [4.69, 9.17) is 16.9 Å². The topological polar surface area (TPSA) is 131 Å². The summed E-state index contributed by atoms with van der Waals surface area (Å²) in [7, 11) is 0. The maximum atomic E-state index is 7.65. The van der Waals surface area contributed by atoms with Crippen LogP contribution >= 0.6 is 0 Å². The van der Waals surface area contributed by atoms with Crippen LogP contribution in [-0.4, -0.2) is 25.4 Å². The van der Waals surface area contributed by atoms with Gasteiger partial charge in [0.05, 0.1) is 6.20 Å². The molecule has 2 rings (SSSR count). The lowest BCUT2D eigenvalue weighted by atomic mass is 10.4. The van der Waals surface area contributed by atoms with Crippen molar-refractivity contribution in [2.75, 3.05) is 11.1 Å². The Morgan fingerprint density at radius 1 is 1.59 bits per heavy atom. The molecule has 0 saturated carbocycles. The molecule has 0 aliphatic rings. The number of aromatic nitrogens is 4. The second kappa shape index (κ2) is 4.08. The molecule has 8 nitrogen and oxygen atoms in total. The van der Waals surface area contributed by atoms with Crippen LogP contribution in [0.25, 0.3) is 5.65 Å². The quantitative estimate of drug-likeness (QED) is 0.424. The first kappa shape index (κ1) is 10.9. The van der Waals surface area contributed by atoms with Crippen LogP contribution in [0.5, 0.6) is 0 Å². The van der Waals surface area contributed by atoms with E-state index in [1.807, 2.05) is 0 Å². The van der Waals surface area contributed by atoms with Crippen LogP contribution in [0.3, 0.4) is 0 Å². The molecule has 0 bridgehead atoms. The Morgan fingerprint density at radius 3 is 3.06 bits per heavy atom. The summed E-state index contributed by atoms with van der Waals surface area (Å²) in [4.78, 5) is 8.07. The number of fused-ring (bicyclic) bond motifs is 1. The van der Waals surface area contributed by atoms with Gasteiger partial charge < -0.3 is 16.8 Å². The fourth-order valence-electron chi connectivity index (χ4n) is 1.32. The Balaban J connectivity index is 2.38. The van der Waals surface area contributed by atoms with E-state index in [1.54, 1.807) is 13.1 Å². The zero-order valence-electron chi connectivity index (χ0n) is 9.18. The molecule has 2 heterocycles. The van der Waals surface area contributed by atoms with Gasteiger partial charge in [0.15, 0.2) is 11.5 Å². The molecule has 88 valence electrons. The predicted molar refractivity (Wildman–Crippen MR) is 64.5 cm³/mol. The molecule has 2 aromatic heterocycles. The summed E-state index contributed by atoms with van der Waals surface area (Å²) in [6.45, 7) is 1.69. The highest BCUT2D eigenvalue weighted by molar-refractivity contribution is 6.03. The average Bonchev–Trinajstić information content (AvgIpc) is 2.63. The lowest BCUT2D eigenvalue weighted by Gasteiger charge is -2.05. The molecule has 0 aliphatic heterocycles. The van der Waals surface area contributed by atoms with Gasteiger partial charge in [-0.15, -0.1) is 0 Å². The molecule has 0 amide bonds. The normalized spacial score (nSPS) is 11.7. The Hall–Kier alpha value is -2.64. The summed E-state index contributed by atoms with van der Waals surface area (Å²) in [6, 6.07) is 0. The number of amidine groups is 1. The SMILES string of the molecule is C/C(N)=C/C(=N)Nc1nc(N)cn2ncnc12. The van der Waals surface area contributed by atoms with Gasteiger partial charge in [0.2, 0.25) is 0 Å². The highest BCUT2D eigenvalue weighted by atomic mass is 15.3. The van der Waals surface area contributed by atoms with Gasteiger partial charge >= 0.3 is 0 Å². The summed E-state index contributed by atoms with van der Waals surface area (Å²) < 4.78 is 1.48. The molecule has 0 fully saturated rings. The minimum absolute atomic E-state index is 0.105. The van der Waals surface area contributed by atoms with Crippen molar-refractivity contribution in [3.63, 3.8) is 0 Å². The molecule has 8 heteroatoms. The second-order valence-electron chi connectivity index (χ2n) is 3.47. The highest BCUT2D eigenvalue weighted by Gasteiger charge is 2.07. The van der Waals surface area contributed by atoms with Crippen LogP contribution < -0.4 is 16.8 Å². The van der Waals surface area contributed by atoms with Crippen molar-refractivity contribution < 1.29 is 0 Å². The first-order valence-electron chi connectivity index (χ1n) is 4.81. The molecule has 0 aliphatic carbocycles. The van der Waals surface area contributed by atoms with Gasteiger partial charge in [-0.3, -0.25) is 5.41 Å². The number of hydrogen-bond donors (Lipinski definition) is 4. The first-order valence-corrected chi connectivity index (χ1v) is 4.81. The lowest BCUT2D eigenvalue weighted by Crippen LogP contribution is -2.13. The van der Waals surface area contributed by atoms with E-state index in [2.05, 4.69) is 20.4 Å². The van der Waals surface area contributed by atoms with Crippen molar-refractivity contribution in [1.82, 2.24) is 19.6 Å². The van der Waals surface area contributed by atoms with Crippen molar-refractivity contribution >= 4 is 23.1 Å². The van der Waals surface area contributed by atoms with E-state index in [1.165, 1.54) is 16.9 Å². The zero-order valence-corrected chi connectivity index (χ0v) is 9.18. The van der Waals surface area contributed by atoms with E-state index >= 15 is 0 Å². The van der Waals surface area contributed by atoms with E-state index in [-0.39, 0.29) is 11.7 Å². The van der Waals surface area contributed by atoms with Crippen molar-refractivity contribution in [2.24, 2.45) is 5.73 Å². The molecular formula is C9H12N8. The van der Waals surface area contributed by atoms with Crippen LogP contribution in [0.1, 0.15) is 6.92 Å². The molecule has 0 atom stereocenters. The molecular weight excluding hydrogens is 220 g/mol. The number of hydrogen-bond acceptors (Lipinski definition) is 6. The second-order valence-corrected chi connectivity index (χ2v) is 3.47. The predicted octanol–water partition coefficient (Wildman–Crippen LogP) is -0.0418. The van der Waals surface area contributed by atoms with Gasteiger partial charge in [-0.05, 0) is 13.0 Å². The zero-order chi connectivity index (χ0) is 12.4. The number of nitrogens with two attached hydrogens (primary N) is 2. The van der Waals surface area contributed by atoms with E-state index in [9.17, 15) is 0 Å². The summed E-state index contributed by atoms with van der Waals surface area (Å²) in [6.07, 6.45) is 4.40. The number of nitrogen functional groups attached to an aromatic ring is 1. The van der Waals surface area contributed by atoms with Crippen LogP contribution in [0, 0.1) is 5.41 Å². The maximum Gasteiger partial charge on any atom is 0.198 e. The fourth-order valence-corrected chi connectivity index (χ4v) is 1.32. The van der Waals surface area contributed by atoms with Crippen molar-refractivity contribution in [3.05, 3.63) is 24.3 Å². The summed E-state index contributed by atoms with van der Waals surface area (Å²) in [5.74, 6) is 0.754. The largest absolute Gasteiger partial charge is 0.402 e. The molecule has 0 spiro atoms. The third kappa shape index (κ3) is 2.30. The molecule has 6 N–H and O–H groups in total. The Morgan fingerprint density at radius 2 is 2.35 bits per heavy atom. The van der Waals surface area contributed by atoms with Gasteiger partial charge in [-0.1, -0.05) is 0 Å². The fraction of sp³-hybridized carbons (Fsp3) is 0.111. The number of rotatable bonds is 2. The number of allylic oxidation sites excluding steroid dienone is 1. The molecule has 2 aromatic rings. The summed E-state index contributed by atoms with van der Waals surface area (Å²) >= 11 is 0. The Bertz CT molecular complexity index is 592. The molecule has 0 unspecified atom stereocenters. The first-order chi connectivity index (χ1) is 8.06. The number of nitrogens with one attached hydrogen (secondary N) is 2.